The highest BCUT2D eigenvalue weighted by molar-refractivity contribution is 5.93. The van der Waals surface area contributed by atoms with E-state index in [1.807, 2.05) is 32.9 Å². The molecule has 0 fully saturated rings. The van der Waals surface area contributed by atoms with Crippen LogP contribution in [0.15, 0.2) is 24.3 Å². The Morgan fingerprint density at radius 1 is 1.06 bits per heavy atom. The normalized spacial score (nSPS) is 13.9. The molecule has 9 nitrogen and oxygen atoms in total. The van der Waals surface area contributed by atoms with Crippen molar-refractivity contribution >= 4 is 23.9 Å². The van der Waals surface area contributed by atoms with Gasteiger partial charge in [0.15, 0.2) is 0 Å². The third-order valence-electron chi connectivity index (χ3n) is 5.61. The predicted octanol–water partition coefficient (Wildman–Crippen LogP) is 3.50. The van der Waals surface area contributed by atoms with Crippen molar-refractivity contribution in [1.82, 2.24) is 15.5 Å². The van der Waals surface area contributed by atoms with Gasteiger partial charge in [0, 0.05) is 6.04 Å². The SMILES string of the molecule is CCC(C)C(NC(=O)OC(C)(C)C)C(=O)N(C(C)C)C(C(=O)NCC(=O)OC)c1ccccc1C. The van der Waals surface area contributed by atoms with Gasteiger partial charge < -0.3 is 25.0 Å². The Bertz CT molecular complexity index is 893. The summed E-state index contributed by atoms with van der Waals surface area (Å²) in [6, 6.07) is 4.91. The van der Waals surface area contributed by atoms with E-state index >= 15 is 0 Å². The van der Waals surface area contributed by atoms with E-state index in [1.165, 1.54) is 12.0 Å². The molecule has 0 aromatic heterocycles. The number of esters is 1. The predicted molar refractivity (Wildman–Crippen MR) is 134 cm³/mol. The monoisotopic (exact) mass is 491 g/mol. The molecule has 0 spiro atoms. The molecule has 196 valence electrons. The lowest BCUT2D eigenvalue weighted by atomic mass is 9.93. The van der Waals surface area contributed by atoms with Crippen molar-refractivity contribution in [1.29, 1.82) is 0 Å². The van der Waals surface area contributed by atoms with Gasteiger partial charge >= 0.3 is 12.1 Å². The first-order valence-corrected chi connectivity index (χ1v) is 11.9. The van der Waals surface area contributed by atoms with Gasteiger partial charge in [-0.05, 0) is 58.6 Å². The van der Waals surface area contributed by atoms with Crippen LogP contribution < -0.4 is 10.6 Å². The van der Waals surface area contributed by atoms with Crippen LogP contribution in [0, 0.1) is 12.8 Å². The molecule has 1 aromatic carbocycles. The van der Waals surface area contributed by atoms with Crippen LogP contribution in [0.3, 0.4) is 0 Å². The van der Waals surface area contributed by atoms with Gasteiger partial charge in [-0.15, -0.1) is 0 Å². The van der Waals surface area contributed by atoms with E-state index in [9.17, 15) is 19.2 Å². The fourth-order valence-corrected chi connectivity index (χ4v) is 3.60. The number of carbonyl (C=O) groups is 4. The summed E-state index contributed by atoms with van der Waals surface area (Å²) in [7, 11) is 1.23. The maximum Gasteiger partial charge on any atom is 0.408 e. The summed E-state index contributed by atoms with van der Waals surface area (Å²) in [5.74, 6) is -1.77. The molecule has 9 heteroatoms. The van der Waals surface area contributed by atoms with Gasteiger partial charge in [-0.25, -0.2) is 4.79 Å². The number of hydrogen-bond acceptors (Lipinski definition) is 6. The van der Waals surface area contributed by atoms with E-state index in [4.69, 9.17) is 4.74 Å². The number of alkyl carbamates (subject to hydrolysis) is 1. The van der Waals surface area contributed by atoms with Crippen LogP contribution in [-0.2, 0) is 23.9 Å². The molecule has 0 bridgehead atoms. The molecule has 0 saturated carbocycles. The smallest absolute Gasteiger partial charge is 0.408 e. The summed E-state index contributed by atoms with van der Waals surface area (Å²) in [6.45, 7) is 14.1. The van der Waals surface area contributed by atoms with E-state index in [1.54, 1.807) is 46.8 Å². The molecule has 35 heavy (non-hydrogen) atoms. The second-order valence-electron chi connectivity index (χ2n) is 9.90. The minimum atomic E-state index is -1.03. The molecule has 3 amide bonds. The third-order valence-corrected chi connectivity index (χ3v) is 5.61. The van der Waals surface area contributed by atoms with Crippen LogP contribution in [0.1, 0.15) is 72.1 Å². The Labute approximate surface area is 208 Å². The standard InChI is InChI=1S/C26H41N3O6/c1-10-17(4)21(28-25(33)35-26(6,7)8)24(32)29(16(2)3)22(19-14-12-11-13-18(19)5)23(31)27-15-20(30)34-9/h11-14,16-17,21-22H,10,15H2,1-9H3,(H,27,31)(H,28,33). The number of amides is 3. The van der Waals surface area contributed by atoms with Crippen LogP contribution in [-0.4, -0.2) is 60.1 Å². The van der Waals surface area contributed by atoms with Crippen molar-refractivity contribution in [2.24, 2.45) is 5.92 Å². The number of rotatable bonds is 10. The van der Waals surface area contributed by atoms with Crippen molar-refractivity contribution < 1.29 is 28.7 Å². The topological polar surface area (TPSA) is 114 Å². The fraction of sp³-hybridized carbons (Fsp3) is 0.615. The van der Waals surface area contributed by atoms with Crippen molar-refractivity contribution in [3.05, 3.63) is 35.4 Å². The first-order valence-electron chi connectivity index (χ1n) is 11.9. The number of nitrogens with one attached hydrogen (secondary N) is 2. The molecule has 0 heterocycles. The van der Waals surface area contributed by atoms with E-state index in [2.05, 4.69) is 15.4 Å². The summed E-state index contributed by atoms with van der Waals surface area (Å²) >= 11 is 0. The first kappa shape index (κ1) is 29.9. The van der Waals surface area contributed by atoms with Gasteiger partial charge in [0.25, 0.3) is 0 Å². The minimum absolute atomic E-state index is 0.230. The van der Waals surface area contributed by atoms with Gasteiger partial charge in [-0.1, -0.05) is 44.5 Å². The molecule has 0 aliphatic heterocycles. The Morgan fingerprint density at radius 3 is 2.14 bits per heavy atom. The van der Waals surface area contributed by atoms with Crippen molar-refractivity contribution in [2.75, 3.05) is 13.7 Å². The second kappa shape index (κ2) is 13.1. The van der Waals surface area contributed by atoms with Crippen LogP contribution in [0.5, 0.6) is 0 Å². The quantitative estimate of drug-likeness (QED) is 0.484. The van der Waals surface area contributed by atoms with Gasteiger partial charge in [-0.3, -0.25) is 14.4 Å². The minimum Gasteiger partial charge on any atom is -0.468 e. The zero-order valence-electron chi connectivity index (χ0n) is 22.4. The van der Waals surface area contributed by atoms with Crippen LogP contribution in [0.25, 0.3) is 0 Å². The van der Waals surface area contributed by atoms with Crippen molar-refractivity contribution in [2.45, 2.75) is 85.5 Å². The van der Waals surface area contributed by atoms with E-state index in [0.29, 0.717) is 12.0 Å². The van der Waals surface area contributed by atoms with Crippen LogP contribution >= 0.6 is 0 Å². The third kappa shape index (κ3) is 8.88. The first-order chi connectivity index (χ1) is 16.2. The van der Waals surface area contributed by atoms with E-state index in [0.717, 1.165) is 5.56 Å². The van der Waals surface area contributed by atoms with Gasteiger partial charge in [0.05, 0.1) is 7.11 Å². The zero-order valence-corrected chi connectivity index (χ0v) is 22.4. The molecule has 1 aromatic rings. The average Bonchev–Trinajstić information content (AvgIpc) is 2.77. The fourth-order valence-electron chi connectivity index (χ4n) is 3.60. The highest BCUT2D eigenvalue weighted by Gasteiger charge is 2.39. The van der Waals surface area contributed by atoms with Gasteiger partial charge in [0.2, 0.25) is 11.8 Å². The van der Waals surface area contributed by atoms with E-state index in [-0.39, 0.29) is 12.5 Å². The number of ether oxygens (including phenoxy) is 2. The Morgan fingerprint density at radius 2 is 1.66 bits per heavy atom. The molecular formula is C26H41N3O6. The summed E-state index contributed by atoms with van der Waals surface area (Å²) in [5.41, 5.74) is 0.698. The number of aryl methyl sites for hydroxylation is 1. The molecule has 3 unspecified atom stereocenters. The average molecular weight is 492 g/mol. The number of methoxy groups -OCH3 is 1. The maximum atomic E-state index is 14.0. The number of benzene rings is 1. The Kier molecular flexibility index (Phi) is 11.2. The van der Waals surface area contributed by atoms with E-state index < -0.39 is 47.6 Å². The highest BCUT2D eigenvalue weighted by atomic mass is 16.6. The molecule has 1 rings (SSSR count). The number of hydrogen-bond donors (Lipinski definition) is 2. The molecule has 2 N–H and O–H groups in total. The largest absolute Gasteiger partial charge is 0.468 e. The summed E-state index contributed by atoms with van der Waals surface area (Å²) < 4.78 is 10.0. The molecular weight excluding hydrogens is 450 g/mol. The summed E-state index contributed by atoms with van der Waals surface area (Å²) in [5, 5.41) is 5.30. The lowest BCUT2D eigenvalue weighted by Gasteiger charge is -2.38. The lowest BCUT2D eigenvalue weighted by molar-refractivity contribution is -0.146. The van der Waals surface area contributed by atoms with Crippen LogP contribution in [0.2, 0.25) is 0 Å². The Hall–Kier alpha value is -3.10. The highest BCUT2D eigenvalue weighted by Crippen LogP contribution is 2.28. The van der Waals surface area contributed by atoms with Crippen molar-refractivity contribution in [3.8, 4) is 0 Å². The maximum absolute atomic E-state index is 14.0. The lowest BCUT2D eigenvalue weighted by Crippen LogP contribution is -2.57. The molecule has 3 atom stereocenters. The molecule has 0 aliphatic carbocycles. The van der Waals surface area contributed by atoms with Crippen molar-refractivity contribution in [3.63, 3.8) is 0 Å². The second-order valence-corrected chi connectivity index (χ2v) is 9.90. The zero-order chi connectivity index (χ0) is 26.9. The molecule has 0 radical (unpaired) electrons. The van der Waals surface area contributed by atoms with Crippen LogP contribution in [0.4, 0.5) is 4.79 Å². The summed E-state index contributed by atoms with van der Waals surface area (Å²) in [4.78, 5) is 53.1. The number of carbonyl (C=O) groups excluding carboxylic acids is 4. The van der Waals surface area contributed by atoms with Gasteiger partial charge in [-0.2, -0.15) is 0 Å². The Balaban J connectivity index is 3.49. The molecule has 0 aliphatic rings. The molecule has 0 saturated heterocycles. The number of nitrogens with zero attached hydrogens (tertiary/aromatic N) is 1. The van der Waals surface area contributed by atoms with Gasteiger partial charge in [0.1, 0.15) is 24.2 Å². The summed E-state index contributed by atoms with van der Waals surface area (Å²) in [6.07, 6.45) is -0.0933.